The molecule has 3 rings (SSSR count). The summed E-state index contributed by atoms with van der Waals surface area (Å²) in [6.07, 6.45) is 3.68. The average Bonchev–Trinajstić information content (AvgIpc) is 2.91. The van der Waals surface area contributed by atoms with Crippen LogP contribution in [0.15, 0.2) is 84.9 Å². The second-order valence-corrected chi connectivity index (χ2v) is 11.1. The van der Waals surface area contributed by atoms with Gasteiger partial charge in [0.05, 0.1) is 0 Å². The number of aryl methyl sites for hydroxylation is 1. The Kier molecular flexibility index (Phi) is 12.8. The standard InChI is InChI=1S/C28H32N2O5S2.Li.H/c1-36-21-19-28(27(32)33,26(31)25-18-9-8-17-24(25)23-15-6-3-7-16-23)30-37(34,35)29-20-11-10-14-22-12-4-2-5-13-22;;/h2-9,12-13,15-18,29-30H,10-11,14,19-21H2,1H3,(H,32,33);;. The van der Waals surface area contributed by atoms with Crippen LogP contribution in [0.25, 0.3) is 11.1 Å². The van der Waals surface area contributed by atoms with Gasteiger partial charge in [0.2, 0.25) is 0 Å². The van der Waals surface area contributed by atoms with Crippen molar-refractivity contribution in [1.29, 1.82) is 0 Å². The molecule has 3 N–H and O–H groups in total. The molecule has 0 aromatic heterocycles. The predicted octanol–water partition coefficient (Wildman–Crippen LogP) is 3.91. The summed E-state index contributed by atoms with van der Waals surface area (Å²) < 4.78 is 30.6. The number of Topliss-reactive ketones (excluding diaryl/α,β-unsaturated/α-hetero) is 1. The van der Waals surface area contributed by atoms with Gasteiger partial charge >= 0.3 is 24.8 Å². The zero-order valence-electron chi connectivity index (χ0n) is 20.7. The molecule has 0 bridgehead atoms. The summed E-state index contributed by atoms with van der Waals surface area (Å²) in [7, 11) is -4.30. The number of aliphatic carboxylic acids is 1. The van der Waals surface area contributed by atoms with E-state index in [1.165, 1.54) is 17.8 Å². The zero-order chi connectivity index (χ0) is 26.7. The third kappa shape index (κ3) is 8.57. The van der Waals surface area contributed by atoms with Crippen LogP contribution in [-0.4, -0.2) is 68.2 Å². The molecule has 0 aliphatic rings. The summed E-state index contributed by atoms with van der Waals surface area (Å²) >= 11 is 1.34. The SMILES string of the molecule is CSCCC(NS(=O)(=O)NCCCCc1ccccc1)(C(=O)O)C(=O)c1ccccc1-c1ccccc1.[LiH]. The molecule has 0 radical (unpaired) electrons. The minimum atomic E-state index is -4.30. The van der Waals surface area contributed by atoms with Gasteiger partial charge in [-0.1, -0.05) is 84.9 Å². The molecule has 1 atom stereocenters. The number of unbranched alkanes of at least 4 members (excludes halogenated alkanes) is 1. The van der Waals surface area contributed by atoms with Crippen molar-refractivity contribution in [1.82, 2.24) is 9.44 Å². The number of carboxylic acid groups (broad SMARTS) is 1. The molecule has 0 aliphatic heterocycles. The first-order valence-electron chi connectivity index (χ1n) is 12.0. The van der Waals surface area contributed by atoms with Crippen LogP contribution in [-0.2, 0) is 21.4 Å². The van der Waals surface area contributed by atoms with E-state index in [9.17, 15) is 23.1 Å². The molecule has 0 heterocycles. The van der Waals surface area contributed by atoms with Gasteiger partial charge in [-0.05, 0) is 54.4 Å². The Morgan fingerprint density at radius 2 is 1.50 bits per heavy atom. The summed E-state index contributed by atoms with van der Waals surface area (Å²) in [5.74, 6) is -2.07. The molecule has 38 heavy (non-hydrogen) atoms. The molecule has 0 fully saturated rings. The maximum absolute atomic E-state index is 13.9. The number of hydrogen-bond acceptors (Lipinski definition) is 5. The van der Waals surface area contributed by atoms with Crippen molar-refractivity contribution < 1.29 is 23.1 Å². The Hall–Kier alpha value is -2.38. The van der Waals surface area contributed by atoms with Crippen molar-refractivity contribution >= 4 is 52.6 Å². The molecular weight excluding hydrogens is 515 g/mol. The first-order chi connectivity index (χ1) is 17.8. The van der Waals surface area contributed by atoms with Gasteiger partial charge in [0.25, 0.3) is 10.2 Å². The van der Waals surface area contributed by atoms with Gasteiger partial charge < -0.3 is 5.11 Å². The normalized spacial score (nSPS) is 12.8. The number of carboxylic acids is 1. The van der Waals surface area contributed by atoms with Crippen molar-refractivity contribution in [2.45, 2.75) is 31.2 Å². The number of carbonyl (C=O) groups is 2. The number of ketones is 1. The van der Waals surface area contributed by atoms with Crippen molar-refractivity contribution in [3.63, 3.8) is 0 Å². The van der Waals surface area contributed by atoms with Crippen LogP contribution in [0.1, 0.15) is 35.2 Å². The Morgan fingerprint density at radius 3 is 2.13 bits per heavy atom. The Labute approximate surface area is 241 Å². The Bertz CT molecular complexity index is 1290. The van der Waals surface area contributed by atoms with E-state index in [1.807, 2.05) is 60.7 Å². The summed E-state index contributed by atoms with van der Waals surface area (Å²) in [6.45, 7) is 0.120. The van der Waals surface area contributed by atoms with Crippen LogP contribution in [0.5, 0.6) is 0 Å². The van der Waals surface area contributed by atoms with Crippen molar-refractivity contribution in [2.75, 3.05) is 18.6 Å². The van der Waals surface area contributed by atoms with Crippen LogP contribution in [0.3, 0.4) is 0 Å². The third-order valence-corrected chi connectivity index (χ3v) is 7.84. The summed E-state index contributed by atoms with van der Waals surface area (Å²) in [5, 5.41) is 10.3. The molecule has 10 heteroatoms. The van der Waals surface area contributed by atoms with Gasteiger partial charge in [-0.3, -0.25) is 4.79 Å². The van der Waals surface area contributed by atoms with Crippen LogP contribution < -0.4 is 9.44 Å². The van der Waals surface area contributed by atoms with E-state index in [2.05, 4.69) is 9.44 Å². The number of benzene rings is 3. The molecule has 0 amide bonds. The molecular formula is C28H33LiN2O5S2. The fourth-order valence-electron chi connectivity index (χ4n) is 4.07. The van der Waals surface area contributed by atoms with Gasteiger partial charge in [0, 0.05) is 12.1 Å². The quantitative estimate of drug-likeness (QED) is 0.115. The zero-order valence-corrected chi connectivity index (χ0v) is 22.4. The molecule has 3 aromatic carbocycles. The molecule has 1 unspecified atom stereocenters. The molecule has 198 valence electrons. The van der Waals surface area contributed by atoms with Gasteiger partial charge in [-0.2, -0.15) is 24.9 Å². The van der Waals surface area contributed by atoms with E-state index in [-0.39, 0.29) is 43.1 Å². The van der Waals surface area contributed by atoms with E-state index < -0.39 is 27.5 Å². The van der Waals surface area contributed by atoms with Gasteiger partial charge in [0.15, 0.2) is 11.3 Å². The first kappa shape index (κ1) is 31.8. The topological polar surface area (TPSA) is 113 Å². The van der Waals surface area contributed by atoms with Crippen molar-refractivity contribution in [3.05, 3.63) is 96.1 Å². The van der Waals surface area contributed by atoms with Gasteiger partial charge in [-0.25, -0.2) is 9.52 Å². The second kappa shape index (κ2) is 15.3. The Morgan fingerprint density at radius 1 is 0.895 bits per heavy atom. The van der Waals surface area contributed by atoms with Gasteiger partial charge in [-0.15, -0.1) is 0 Å². The number of rotatable bonds is 15. The van der Waals surface area contributed by atoms with Crippen LogP contribution in [0, 0.1) is 0 Å². The average molecular weight is 549 g/mol. The van der Waals surface area contributed by atoms with Gasteiger partial charge in [0.1, 0.15) is 0 Å². The monoisotopic (exact) mass is 548 g/mol. The molecule has 0 spiro atoms. The summed E-state index contributed by atoms with van der Waals surface area (Å²) in [4.78, 5) is 26.5. The van der Waals surface area contributed by atoms with E-state index in [0.717, 1.165) is 24.0 Å². The van der Waals surface area contributed by atoms with Crippen molar-refractivity contribution in [3.8, 4) is 11.1 Å². The van der Waals surface area contributed by atoms with E-state index in [0.29, 0.717) is 12.0 Å². The molecule has 7 nitrogen and oxygen atoms in total. The van der Waals surface area contributed by atoms with Crippen LogP contribution >= 0.6 is 11.8 Å². The summed E-state index contributed by atoms with van der Waals surface area (Å²) in [6, 6.07) is 25.6. The predicted molar refractivity (Wildman–Crippen MR) is 156 cm³/mol. The number of hydrogen-bond donors (Lipinski definition) is 3. The Balaban J connectivity index is 0.00000507. The minimum absolute atomic E-state index is 0. The third-order valence-electron chi connectivity index (χ3n) is 6.03. The number of carbonyl (C=O) groups excluding carboxylic acids is 1. The van der Waals surface area contributed by atoms with E-state index in [1.54, 1.807) is 24.5 Å². The van der Waals surface area contributed by atoms with Crippen LogP contribution in [0.4, 0.5) is 0 Å². The van der Waals surface area contributed by atoms with Crippen molar-refractivity contribution in [2.24, 2.45) is 0 Å². The van der Waals surface area contributed by atoms with Crippen LogP contribution in [0.2, 0.25) is 0 Å². The number of thioether (sulfide) groups is 1. The fraction of sp³-hybridized carbons (Fsp3) is 0.286. The molecule has 0 saturated carbocycles. The molecule has 0 saturated heterocycles. The molecule has 3 aromatic rings. The molecule has 0 aliphatic carbocycles. The maximum atomic E-state index is 13.9. The van der Waals surface area contributed by atoms with E-state index >= 15 is 0 Å². The summed E-state index contributed by atoms with van der Waals surface area (Å²) in [5.41, 5.74) is 0.214. The first-order valence-corrected chi connectivity index (χ1v) is 14.9. The van der Waals surface area contributed by atoms with E-state index in [4.69, 9.17) is 0 Å². The fourth-order valence-corrected chi connectivity index (χ4v) is 5.80. The number of nitrogens with one attached hydrogen (secondary N) is 2. The second-order valence-electron chi connectivity index (χ2n) is 8.64.